The topological polar surface area (TPSA) is 59.0 Å². The van der Waals surface area contributed by atoms with Gasteiger partial charge in [0.2, 0.25) is 0 Å². The zero-order valence-corrected chi connectivity index (χ0v) is 20.6. The predicted molar refractivity (Wildman–Crippen MR) is 136 cm³/mol. The van der Waals surface area contributed by atoms with Gasteiger partial charge in [0.15, 0.2) is 6.10 Å². The van der Waals surface area contributed by atoms with E-state index >= 15 is 0 Å². The number of nitrogens with zero attached hydrogens (tertiary/aromatic N) is 1. The van der Waals surface area contributed by atoms with Crippen LogP contribution in [-0.4, -0.2) is 36.9 Å². The Kier molecular flexibility index (Phi) is 5.56. The molecule has 0 spiro atoms. The molecule has 2 aliphatic heterocycles. The van der Waals surface area contributed by atoms with Gasteiger partial charge in [0.25, 0.3) is 0 Å². The van der Waals surface area contributed by atoms with Gasteiger partial charge in [-0.15, -0.1) is 0 Å². The van der Waals surface area contributed by atoms with Crippen molar-refractivity contribution in [2.24, 2.45) is 0 Å². The highest BCUT2D eigenvalue weighted by atomic mass is 16.5. The molecule has 34 heavy (non-hydrogen) atoms. The number of rotatable bonds is 4. The van der Waals surface area contributed by atoms with Crippen LogP contribution in [0.1, 0.15) is 62.3 Å². The van der Waals surface area contributed by atoms with Crippen molar-refractivity contribution in [3.63, 3.8) is 0 Å². The molecule has 3 aromatic rings. The number of hydrogen-bond acceptors (Lipinski definition) is 4. The van der Waals surface area contributed by atoms with E-state index in [1.807, 2.05) is 39.8 Å². The molecule has 0 fully saturated rings. The molecule has 2 aliphatic rings. The van der Waals surface area contributed by atoms with Gasteiger partial charge in [-0.25, -0.2) is 4.79 Å². The summed E-state index contributed by atoms with van der Waals surface area (Å²) in [6.07, 6.45) is 1.04. The molecule has 1 N–H and O–H groups in total. The highest BCUT2D eigenvalue weighted by Gasteiger charge is 2.36. The standard InChI is InChI=1S/C29H33NO4/c1-17-16-19-8-6-7-9-20(19)25(23(17)27(28(31)32)34-29(2,3)4)21-10-11-22-24-18(13-15-33-22)12-14-30(5)26(21)24/h6-11,16,18,27H,12-15H2,1-5H3,(H,31,32)/t18?,27-/m0/s1. The van der Waals surface area contributed by atoms with Gasteiger partial charge in [0.05, 0.1) is 17.9 Å². The van der Waals surface area contributed by atoms with E-state index < -0.39 is 17.7 Å². The van der Waals surface area contributed by atoms with E-state index in [0.29, 0.717) is 5.92 Å². The van der Waals surface area contributed by atoms with Crippen LogP contribution in [0.25, 0.3) is 21.9 Å². The molecule has 2 heterocycles. The minimum absolute atomic E-state index is 0.468. The van der Waals surface area contributed by atoms with Crippen LogP contribution in [-0.2, 0) is 9.53 Å². The lowest BCUT2D eigenvalue weighted by Crippen LogP contribution is -2.31. The van der Waals surface area contributed by atoms with Crippen molar-refractivity contribution in [1.82, 2.24) is 0 Å². The number of aliphatic carboxylic acids is 1. The Morgan fingerprint density at radius 2 is 1.94 bits per heavy atom. The lowest BCUT2D eigenvalue weighted by Gasteiger charge is -2.39. The van der Waals surface area contributed by atoms with Gasteiger partial charge in [0, 0.05) is 30.3 Å². The summed E-state index contributed by atoms with van der Waals surface area (Å²) in [5.74, 6) is 0.451. The van der Waals surface area contributed by atoms with E-state index in [2.05, 4.69) is 42.3 Å². The lowest BCUT2D eigenvalue weighted by atomic mass is 9.80. The largest absolute Gasteiger partial charge is 0.493 e. The molecule has 0 saturated heterocycles. The van der Waals surface area contributed by atoms with Gasteiger partial charge in [-0.1, -0.05) is 30.3 Å². The number of ether oxygens (including phenoxy) is 2. The number of fused-ring (bicyclic) bond motifs is 1. The molecule has 0 aliphatic carbocycles. The zero-order valence-electron chi connectivity index (χ0n) is 20.6. The minimum atomic E-state index is -1.08. The molecule has 0 aromatic heterocycles. The van der Waals surface area contributed by atoms with Crippen LogP contribution in [0.15, 0.2) is 42.5 Å². The predicted octanol–water partition coefficient (Wildman–Crippen LogP) is 6.46. The van der Waals surface area contributed by atoms with Crippen LogP contribution in [0.5, 0.6) is 5.75 Å². The average molecular weight is 460 g/mol. The van der Waals surface area contributed by atoms with E-state index in [1.165, 1.54) is 5.56 Å². The first-order valence-electron chi connectivity index (χ1n) is 12.1. The fourth-order valence-electron chi connectivity index (χ4n) is 5.65. The number of carboxylic acid groups (broad SMARTS) is 1. The number of anilines is 1. The van der Waals surface area contributed by atoms with Crippen molar-refractivity contribution in [1.29, 1.82) is 0 Å². The van der Waals surface area contributed by atoms with Gasteiger partial charge >= 0.3 is 5.97 Å². The molecular weight excluding hydrogens is 426 g/mol. The molecule has 0 radical (unpaired) electrons. The van der Waals surface area contributed by atoms with Crippen molar-refractivity contribution in [3.05, 3.63) is 59.2 Å². The SMILES string of the molecule is Cc1cc2ccccc2c(-c2ccc3c4c2N(C)CCC4CCO3)c1[C@H](OC(C)(C)C)C(=O)O. The summed E-state index contributed by atoms with van der Waals surface area (Å²) < 4.78 is 12.2. The first-order chi connectivity index (χ1) is 16.2. The third-order valence-corrected chi connectivity index (χ3v) is 7.03. The third kappa shape index (κ3) is 3.82. The molecule has 0 amide bonds. The minimum Gasteiger partial charge on any atom is -0.493 e. The molecule has 0 bridgehead atoms. The lowest BCUT2D eigenvalue weighted by molar-refractivity contribution is -0.160. The maximum absolute atomic E-state index is 12.6. The highest BCUT2D eigenvalue weighted by Crippen LogP contribution is 2.52. The number of benzene rings is 3. The van der Waals surface area contributed by atoms with Crippen molar-refractivity contribution < 1.29 is 19.4 Å². The van der Waals surface area contributed by atoms with Crippen LogP contribution in [0.3, 0.4) is 0 Å². The Bertz CT molecular complexity index is 1270. The molecule has 5 rings (SSSR count). The molecule has 3 aromatic carbocycles. The summed E-state index contributed by atoms with van der Waals surface area (Å²) in [5.41, 5.74) is 5.45. The summed E-state index contributed by atoms with van der Waals surface area (Å²) in [7, 11) is 2.13. The maximum Gasteiger partial charge on any atom is 0.337 e. The average Bonchev–Trinajstić information content (AvgIpc) is 2.78. The van der Waals surface area contributed by atoms with Crippen molar-refractivity contribution >= 4 is 22.4 Å². The van der Waals surface area contributed by atoms with Crippen LogP contribution in [0.4, 0.5) is 5.69 Å². The second-order valence-electron chi connectivity index (χ2n) is 10.6. The maximum atomic E-state index is 12.6. The van der Waals surface area contributed by atoms with Crippen LogP contribution >= 0.6 is 0 Å². The van der Waals surface area contributed by atoms with Gasteiger partial charge in [-0.2, -0.15) is 0 Å². The van der Waals surface area contributed by atoms with E-state index in [9.17, 15) is 9.90 Å². The fraction of sp³-hybridized carbons (Fsp3) is 0.414. The Balaban J connectivity index is 1.87. The summed E-state index contributed by atoms with van der Waals surface area (Å²) in [4.78, 5) is 14.9. The van der Waals surface area contributed by atoms with E-state index in [4.69, 9.17) is 9.47 Å². The van der Waals surface area contributed by atoms with Gasteiger partial charge in [-0.3, -0.25) is 0 Å². The fourth-order valence-corrected chi connectivity index (χ4v) is 5.65. The Morgan fingerprint density at radius 3 is 2.68 bits per heavy atom. The van der Waals surface area contributed by atoms with Crippen molar-refractivity contribution in [2.75, 3.05) is 25.1 Å². The van der Waals surface area contributed by atoms with E-state index in [1.54, 1.807) is 0 Å². The molecular formula is C29H33NO4. The smallest absolute Gasteiger partial charge is 0.337 e. The Hall–Kier alpha value is -3.05. The molecule has 178 valence electrons. The Morgan fingerprint density at radius 1 is 1.18 bits per heavy atom. The molecule has 1 unspecified atom stereocenters. The van der Waals surface area contributed by atoms with Crippen LogP contribution in [0.2, 0.25) is 0 Å². The van der Waals surface area contributed by atoms with Crippen LogP contribution in [0, 0.1) is 6.92 Å². The zero-order chi connectivity index (χ0) is 24.2. The quantitative estimate of drug-likeness (QED) is 0.485. The van der Waals surface area contributed by atoms with E-state index in [0.717, 1.165) is 70.5 Å². The molecule has 2 atom stereocenters. The normalized spacial score (nSPS) is 18.4. The summed E-state index contributed by atoms with van der Waals surface area (Å²) in [5, 5.41) is 12.5. The monoisotopic (exact) mass is 459 g/mol. The first kappa shape index (κ1) is 22.7. The number of aryl methyl sites for hydroxylation is 1. The summed E-state index contributed by atoms with van der Waals surface area (Å²) in [6.45, 7) is 9.41. The Labute approximate surface area is 201 Å². The second-order valence-corrected chi connectivity index (χ2v) is 10.6. The van der Waals surface area contributed by atoms with Gasteiger partial charge in [-0.05, 0) is 80.5 Å². The van der Waals surface area contributed by atoms with E-state index in [-0.39, 0.29) is 0 Å². The number of carbonyl (C=O) groups is 1. The summed E-state index contributed by atoms with van der Waals surface area (Å²) in [6, 6.07) is 14.5. The molecule has 0 saturated carbocycles. The van der Waals surface area contributed by atoms with Gasteiger partial charge < -0.3 is 19.5 Å². The van der Waals surface area contributed by atoms with Gasteiger partial charge in [0.1, 0.15) is 5.75 Å². The second kappa shape index (κ2) is 8.31. The van der Waals surface area contributed by atoms with Crippen molar-refractivity contribution in [3.8, 4) is 16.9 Å². The molecule has 5 heteroatoms. The first-order valence-corrected chi connectivity index (χ1v) is 12.1. The number of hydrogen-bond donors (Lipinski definition) is 1. The summed E-state index contributed by atoms with van der Waals surface area (Å²) >= 11 is 0. The van der Waals surface area contributed by atoms with Crippen molar-refractivity contribution in [2.45, 2.75) is 58.2 Å². The molecule has 5 nitrogen and oxygen atoms in total. The van der Waals surface area contributed by atoms with Crippen LogP contribution < -0.4 is 9.64 Å². The highest BCUT2D eigenvalue weighted by molar-refractivity contribution is 6.04. The number of carboxylic acids is 1. The third-order valence-electron chi connectivity index (χ3n) is 7.03.